The summed E-state index contributed by atoms with van der Waals surface area (Å²) in [4.78, 5) is 23.9. The van der Waals surface area contributed by atoms with E-state index in [0.29, 0.717) is 17.0 Å². The smallest absolute Gasteiger partial charge is 0.244 e. The van der Waals surface area contributed by atoms with Crippen LogP contribution in [-0.4, -0.2) is 23.9 Å². The minimum atomic E-state index is -0.180. The highest BCUT2D eigenvalue weighted by molar-refractivity contribution is 6.00. The van der Waals surface area contributed by atoms with Gasteiger partial charge in [-0.15, -0.1) is 0 Å². The van der Waals surface area contributed by atoms with Crippen LogP contribution >= 0.6 is 0 Å². The summed E-state index contributed by atoms with van der Waals surface area (Å²) in [6.45, 7) is 1.97. The predicted octanol–water partition coefficient (Wildman–Crippen LogP) is 3.41. The van der Waals surface area contributed by atoms with Crippen molar-refractivity contribution < 1.29 is 14.3 Å². The van der Waals surface area contributed by atoms with E-state index in [4.69, 9.17) is 4.74 Å². The molecule has 24 heavy (non-hydrogen) atoms. The zero-order valence-electron chi connectivity index (χ0n) is 13.6. The Hall–Kier alpha value is -3.08. The Kier molecular flexibility index (Phi) is 4.33. The largest absolute Gasteiger partial charge is 0.495 e. The molecule has 0 saturated carbocycles. The molecule has 0 aliphatic rings. The summed E-state index contributed by atoms with van der Waals surface area (Å²) in [6, 6.07) is 14.8. The Bertz CT molecular complexity index is 912. The first-order valence-corrected chi connectivity index (χ1v) is 7.61. The van der Waals surface area contributed by atoms with Crippen molar-refractivity contribution in [2.45, 2.75) is 13.5 Å². The van der Waals surface area contributed by atoms with Crippen LogP contribution < -0.4 is 10.1 Å². The predicted molar refractivity (Wildman–Crippen MR) is 93.7 cm³/mol. The molecule has 0 unspecified atom stereocenters. The number of carbonyl (C=O) groups is 2. The van der Waals surface area contributed by atoms with Crippen molar-refractivity contribution in [3.05, 3.63) is 59.8 Å². The fourth-order valence-electron chi connectivity index (χ4n) is 2.89. The first-order valence-electron chi connectivity index (χ1n) is 7.61. The highest BCUT2D eigenvalue weighted by Gasteiger charge is 2.16. The number of nitrogens with zero attached hydrogens (tertiary/aromatic N) is 1. The van der Waals surface area contributed by atoms with Gasteiger partial charge >= 0.3 is 0 Å². The number of para-hydroxylation sites is 3. The highest BCUT2D eigenvalue weighted by atomic mass is 16.5. The van der Waals surface area contributed by atoms with Crippen LogP contribution in [0.1, 0.15) is 16.1 Å². The number of carbonyl (C=O) groups excluding carboxylic acids is 2. The molecule has 0 spiro atoms. The normalized spacial score (nSPS) is 10.6. The van der Waals surface area contributed by atoms with E-state index in [0.717, 1.165) is 22.9 Å². The van der Waals surface area contributed by atoms with Gasteiger partial charge in [-0.1, -0.05) is 30.3 Å². The standard InChI is InChI=1S/C19H18N2O3/c1-13-15(12-22)14-7-3-5-9-17(14)21(13)11-19(23)20-16-8-4-6-10-18(16)24-2/h3-10,12H,11H2,1-2H3,(H,20,23). The van der Waals surface area contributed by atoms with E-state index >= 15 is 0 Å². The van der Waals surface area contributed by atoms with Crippen molar-refractivity contribution in [1.82, 2.24) is 4.57 Å². The van der Waals surface area contributed by atoms with Crippen molar-refractivity contribution >= 4 is 28.8 Å². The monoisotopic (exact) mass is 322 g/mol. The molecule has 122 valence electrons. The Morgan fingerprint density at radius 1 is 1.17 bits per heavy atom. The van der Waals surface area contributed by atoms with Crippen molar-refractivity contribution in [3.63, 3.8) is 0 Å². The Morgan fingerprint density at radius 3 is 2.62 bits per heavy atom. The minimum Gasteiger partial charge on any atom is -0.495 e. The van der Waals surface area contributed by atoms with Crippen molar-refractivity contribution in [3.8, 4) is 5.75 Å². The quantitative estimate of drug-likeness (QED) is 0.732. The molecule has 0 saturated heterocycles. The molecule has 0 aliphatic heterocycles. The Morgan fingerprint density at radius 2 is 1.88 bits per heavy atom. The van der Waals surface area contributed by atoms with E-state index in [1.165, 1.54) is 0 Å². The number of ether oxygens (including phenoxy) is 1. The van der Waals surface area contributed by atoms with Gasteiger partial charge in [0, 0.05) is 22.2 Å². The number of aromatic nitrogens is 1. The molecule has 5 nitrogen and oxygen atoms in total. The first kappa shape index (κ1) is 15.8. The molecule has 3 rings (SSSR count). The van der Waals surface area contributed by atoms with Gasteiger partial charge in [-0.05, 0) is 25.1 Å². The number of amides is 1. The van der Waals surface area contributed by atoms with Crippen LogP contribution in [0.4, 0.5) is 5.69 Å². The third-order valence-corrected chi connectivity index (χ3v) is 4.08. The summed E-state index contributed by atoms with van der Waals surface area (Å²) < 4.78 is 7.10. The molecule has 2 aromatic carbocycles. The Balaban J connectivity index is 1.91. The summed E-state index contributed by atoms with van der Waals surface area (Å²) >= 11 is 0. The third-order valence-electron chi connectivity index (χ3n) is 4.08. The van der Waals surface area contributed by atoms with Gasteiger partial charge in [0.2, 0.25) is 5.91 Å². The fraction of sp³-hybridized carbons (Fsp3) is 0.158. The van der Waals surface area contributed by atoms with Crippen molar-refractivity contribution in [2.24, 2.45) is 0 Å². The number of benzene rings is 2. The maximum atomic E-state index is 12.5. The molecule has 1 aromatic heterocycles. The molecule has 1 heterocycles. The van der Waals surface area contributed by atoms with Crippen LogP contribution in [-0.2, 0) is 11.3 Å². The van der Waals surface area contributed by atoms with Gasteiger partial charge in [0.1, 0.15) is 12.3 Å². The second kappa shape index (κ2) is 6.58. The van der Waals surface area contributed by atoms with Gasteiger partial charge < -0.3 is 14.6 Å². The lowest BCUT2D eigenvalue weighted by molar-refractivity contribution is -0.116. The van der Waals surface area contributed by atoms with Crippen LogP contribution in [0.3, 0.4) is 0 Å². The lowest BCUT2D eigenvalue weighted by atomic mass is 10.1. The van der Waals surface area contributed by atoms with Gasteiger partial charge in [-0.2, -0.15) is 0 Å². The average molecular weight is 322 g/mol. The molecular weight excluding hydrogens is 304 g/mol. The van der Waals surface area contributed by atoms with Crippen LogP contribution in [0.15, 0.2) is 48.5 Å². The SMILES string of the molecule is COc1ccccc1NC(=O)Cn1c(C)c(C=O)c2ccccc21. The maximum absolute atomic E-state index is 12.5. The van der Waals surface area contributed by atoms with Crippen LogP contribution in [0, 0.1) is 6.92 Å². The summed E-state index contributed by atoms with van der Waals surface area (Å²) in [7, 11) is 1.56. The van der Waals surface area contributed by atoms with Crippen LogP contribution in [0.25, 0.3) is 10.9 Å². The molecule has 0 atom stereocenters. The molecular formula is C19H18N2O3. The van der Waals surface area contributed by atoms with E-state index in [1.54, 1.807) is 19.2 Å². The van der Waals surface area contributed by atoms with E-state index in [1.807, 2.05) is 47.9 Å². The molecule has 0 radical (unpaired) electrons. The molecule has 1 amide bonds. The van der Waals surface area contributed by atoms with Crippen LogP contribution in [0.2, 0.25) is 0 Å². The molecule has 3 aromatic rings. The fourth-order valence-corrected chi connectivity index (χ4v) is 2.89. The topological polar surface area (TPSA) is 60.3 Å². The number of hydrogen-bond acceptors (Lipinski definition) is 3. The molecule has 5 heteroatoms. The number of hydrogen-bond donors (Lipinski definition) is 1. The molecule has 0 aliphatic carbocycles. The van der Waals surface area contributed by atoms with E-state index < -0.39 is 0 Å². The third kappa shape index (κ3) is 2.76. The number of nitrogens with one attached hydrogen (secondary N) is 1. The van der Waals surface area contributed by atoms with Gasteiger partial charge in [-0.3, -0.25) is 9.59 Å². The second-order valence-electron chi connectivity index (χ2n) is 5.47. The number of anilines is 1. The summed E-state index contributed by atoms with van der Waals surface area (Å²) in [6.07, 6.45) is 0.840. The summed E-state index contributed by atoms with van der Waals surface area (Å²) in [5, 5.41) is 3.71. The van der Waals surface area contributed by atoms with Gasteiger partial charge in [0.05, 0.1) is 12.8 Å². The molecule has 0 fully saturated rings. The Labute approximate surface area is 139 Å². The average Bonchev–Trinajstić information content (AvgIpc) is 2.87. The number of aldehydes is 1. The van der Waals surface area contributed by atoms with E-state index in [9.17, 15) is 9.59 Å². The molecule has 0 bridgehead atoms. The highest BCUT2D eigenvalue weighted by Crippen LogP contribution is 2.26. The van der Waals surface area contributed by atoms with Crippen molar-refractivity contribution in [2.75, 3.05) is 12.4 Å². The van der Waals surface area contributed by atoms with Gasteiger partial charge in [0.25, 0.3) is 0 Å². The van der Waals surface area contributed by atoms with E-state index in [2.05, 4.69) is 5.32 Å². The maximum Gasteiger partial charge on any atom is 0.244 e. The summed E-state index contributed by atoms with van der Waals surface area (Å²) in [5.74, 6) is 0.425. The zero-order valence-corrected chi connectivity index (χ0v) is 13.6. The second-order valence-corrected chi connectivity index (χ2v) is 5.47. The first-order chi connectivity index (χ1) is 11.7. The van der Waals surface area contributed by atoms with Gasteiger partial charge in [0.15, 0.2) is 6.29 Å². The molecule has 1 N–H and O–H groups in total. The minimum absolute atomic E-state index is 0.123. The lowest BCUT2D eigenvalue weighted by Gasteiger charge is -2.12. The summed E-state index contributed by atoms with van der Waals surface area (Å²) in [5.41, 5.74) is 2.89. The number of methoxy groups -OCH3 is 1. The lowest BCUT2D eigenvalue weighted by Crippen LogP contribution is -2.19. The zero-order chi connectivity index (χ0) is 17.1. The number of rotatable bonds is 5. The number of fused-ring (bicyclic) bond motifs is 1. The van der Waals surface area contributed by atoms with Gasteiger partial charge in [-0.25, -0.2) is 0 Å². The van der Waals surface area contributed by atoms with Crippen molar-refractivity contribution in [1.29, 1.82) is 0 Å². The van der Waals surface area contributed by atoms with E-state index in [-0.39, 0.29) is 12.5 Å². The van der Waals surface area contributed by atoms with Crippen LogP contribution in [0.5, 0.6) is 5.75 Å².